The van der Waals surface area contributed by atoms with Crippen molar-refractivity contribution >= 4 is 6.16 Å². The SMILES string of the molecule is C=C1OC(=O)OC1CCC. The third-order valence-corrected chi connectivity index (χ3v) is 1.36. The number of carbonyl (C=O) groups is 1. The van der Waals surface area contributed by atoms with Crippen LogP contribution in [-0.4, -0.2) is 12.3 Å². The monoisotopic (exact) mass is 142 g/mol. The maximum Gasteiger partial charge on any atom is 0.514 e. The first-order valence-corrected chi connectivity index (χ1v) is 3.31. The molecule has 0 amide bonds. The summed E-state index contributed by atoms with van der Waals surface area (Å²) < 4.78 is 9.32. The number of cyclic esters (lactones) is 2. The van der Waals surface area contributed by atoms with Crippen molar-refractivity contribution < 1.29 is 14.3 Å². The van der Waals surface area contributed by atoms with Gasteiger partial charge in [0.2, 0.25) is 0 Å². The van der Waals surface area contributed by atoms with Gasteiger partial charge in [0.15, 0.2) is 6.10 Å². The Labute approximate surface area is 59.6 Å². The molecule has 0 N–H and O–H groups in total. The molecule has 1 heterocycles. The first-order valence-electron chi connectivity index (χ1n) is 3.31. The van der Waals surface area contributed by atoms with Crippen molar-refractivity contribution in [1.82, 2.24) is 0 Å². The Kier molecular flexibility index (Phi) is 1.94. The largest absolute Gasteiger partial charge is 0.514 e. The van der Waals surface area contributed by atoms with E-state index in [-0.39, 0.29) is 6.10 Å². The van der Waals surface area contributed by atoms with E-state index in [2.05, 4.69) is 11.3 Å². The second-order valence-electron chi connectivity index (χ2n) is 2.21. The standard InChI is InChI=1S/C7H10O3/c1-3-4-6-5(2)9-7(8)10-6/h6H,2-4H2,1H3. The van der Waals surface area contributed by atoms with E-state index in [1.165, 1.54) is 0 Å². The fourth-order valence-electron chi connectivity index (χ4n) is 0.861. The molecule has 3 nitrogen and oxygen atoms in total. The van der Waals surface area contributed by atoms with E-state index in [9.17, 15) is 4.79 Å². The summed E-state index contributed by atoms with van der Waals surface area (Å²) in [6, 6.07) is 0. The highest BCUT2D eigenvalue weighted by Gasteiger charge is 2.28. The summed E-state index contributed by atoms with van der Waals surface area (Å²) in [6.07, 6.45) is 0.922. The average molecular weight is 142 g/mol. The molecular weight excluding hydrogens is 132 g/mol. The lowest BCUT2D eigenvalue weighted by Gasteiger charge is -2.02. The van der Waals surface area contributed by atoms with Crippen molar-refractivity contribution in [3.8, 4) is 0 Å². The minimum Gasteiger partial charge on any atom is -0.422 e. The number of rotatable bonds is 2. The topological polar surface area (TPSA) is 35.5 Å². The Balaban J connectivity index is 2.46. The molecule has 0 aromatic carbocycles. The van der Waals surface area contributed by atoms with Gasteiger partial charge >= 0.3 is 6.16 Å². The number of hydrogen-bond acceptors (Lipinski definition) is 3. The van der Waals surface area contributed by atoms with Crippen LogP contribution < -0.4 is 0 Å². The highest BCUT2D eigenvalue weighted by Crippen LogP contribution is 2.20. The molecule has 0 radical (unpaired) electrons. The van der Waals surface area contributed by atoms with E-state index < -0.39 is 6.16 Å². The summed E-state index contributed by atoms with van der Waals surface area (Å²) in [6.45, 7) is 5.55. The maximum absolute atomic E-state index is 10.4. The van der Waals surface area contributed by atoms with Crippen LogP contribution in [0.4, 0.5) is 4.79 Å². The smallest absolute Gasteiger partial charge is 0.422 e. The third-order valence-electron chi connectivity index (χ3n) is 1.36. The van der Waals surface area contributed by atoms with Gasteiger partial charge in [-0.25, -0.2) is 4.79 Å². The zero-order valence-corrected chi connectivity index (χ0v) is 5.92. The van der Waals surface area contributed by atoms with Crippen molar-refractivity contribution in [2.24, 2.45) is 0 Å². The molecule has 1 atom stereocenters. The Morgan fingerprint density at radius 3 is 2.80 bits per heavy atom. The van der Waals surface area contributed by atoms with Crippen molar-refractivity contribution in [3.63, 3.8) is 0 Å². The van der Waals surface area contributed by atoms with Gasteiger partial charge in [0.25, 0.3) is 0 Å². The van der Waals surface area contributed by atoms with Gasteiger partial charge in [0.05, 0.1) is 0 Å². The third kappa shape index (κ3) is 1.29. The lowest BCUT2D eigenvalue weighted by Crippen LogP contribution is -2.06. The predicted octanol–water partition coefficient (Wildman–Crippen LogP) is 1.84. The second kappa shape index (κ2) is 2.73. The zero-order chi connectivity index (χ0) is 7.56. The molecule has 0 saturated carbocycles. The Morgan fingerprint density at radius 2 is 2.40 bits per heavy atom. The Bertz CT molecular complexity index is 162. The van der Waals surface area contributed by atoms with Crippen molar-refractivity contribution in [2.45, 2.75) is 25.9 Å². The molecule has 10 heavy (non-hydrogen) atoms. The summed E-state index contributed by atoms with van der Waals surface area (Å²) in [7, 11) is 0. The van der Waals surface area contributed by atoms with Crippen LogP contribution >= 0.6 is 0 Å². The van der Waals surface area contributed by atoms with E-state index in [1.807, 2.05) is 6.92 Å². The van der Waals surface area contributed by atoms with E-state index >= 15 is 0 Å². The molecule has 1 fully saturated rings. The molecular formula is C7H10O3. The van der Waals surface area contributed by atoms with Gasteiger partial charge < -0.3 is 9.47 Å². The molecule has 1 unspecified atom stereocenters. The van der Waals surface area contributed by atoms with Crippen LogP contribution in [0.25, 0.3) is 0 Å². The summed E-state index contributed by atoms with van der Waals surface area (Å²) >= 11 is 0. The van der Waals surface area contributed by atoms with Gasteiger partial charge in [0.1, 0.15) is 5.76 Å². The fourth-order valence-corrected chi connectivity index (χ4v) is 0.861. The van der Waals surface area contributed by atoms with Gasteiger partial charge in [-0.1, -0.05) is 19.9 Å². The lowest BCUT2D eigenvalue weighted by atomic mass is 10.2. The summed E-state index contributed by atoms with van der Waals surface area (Å²) in [5.41, 5.74) is 0. The predicted molar refractivity (Wildman–Crippen MR) is 35.4 cm³/mol. The Morgan fingerprint density at radius 1 is 1.70 bits per heavy atom. The van der Waals surface area contributed by atoms with E-state index in [1.54, 1.807) is 0 Å². The van der Waals surface area contributed by atoms with Crippen LogP contribution in [0.3, 0.4) is 0 Å². The zero-order valence-electron chi connectivity index (χ0n) is 5.92. The molecule has 1 aliphatic rings. The fraction of sp³-hybridized carbons (Fsp3) is 0.571. The van der Waals surface area contributed by atoms with Gasteiger partial charge in [-0.15, -0.1) is 0 Å². The first kappa shape index (κ1) is 7.12. The molecule has 0 spiro atoms. The van der Waals surface area contributed by atoms with Crippen molar-refractivity contribution in [1.29, 1.82) is 0 Å². The minimum absolute atomic E-state index is 0.211. The van der Waals surface area contributed by atoms with Gasteiger partial charge in [0, 0.05) is 0 Å². The normalized spacial score (nSPS) is 24.3. The van der Waals surface area contributed by atoms with Crippen molar-refractivity contribution in [2.75, 3.05) is 0 Å². The number of carbonyl (C=O) groups excluding carboxylic acids is 1. The number of hydrogen-bond donors (Lipinski definition) is 0. The van der Waals surface area contributed by atoms with E-state index in [0.717, 1.165) is 12.8 Å². The molecule has 0 bridgehead atoms. The minimum atomic E-state index is -0.622. The molecule has 56 valence electrons. The molecule has 3 heteroatoms. The van der Waals surface area contributed by atoms with Crippen LogP contribution in [0.15, 0.2) is 12.3 Å². The molecule has 1 aliphatic heterocycles. The van der Waals surface area contributed by atoms with E-state index in [0.29, 0.717) is 5.76 Å². The van der Waals surface area contributed by atoms with Crippen LogP contribution in [-0.2, 0) is 9.47 Å². The highest BCUT2D eigenvalue weighted by molar-refractivity contribution is 5.64. The first-order chi connectivity index (χ1) is 4.74. The number of ether oxygens (including phenoxy) is 2. The molecule has 0 aliphatic carbocycles. The van der Waals surface area contributed by atoms with E-state index in [4.69, 9.17) is 4.74 Å². The summed E-state index contributed by atoms with van der Waals surface area (Å²) in [5, 5.41) is 0. The highest BCUT2D eigenvalue weighted by atomic mass is 16.8. The van der Waals surface area contributed by atoms with Crippen LogP contribution in [0, 0.1) is 0 Å². The quantitative estimate of drug-likeness (QED) is 0.552. The van der Waals surface area contributed by atoms with Gasteiger partial charge in [-0.05, 0) is 6.42 Å². The molecule has 0 aromatic heterocycles. The van der Waals surface area contributed by atoms with Gasteiger partial charge in [-0.3, -0.25) is 0 Å². The van der Waals surface area contributed by atoms with Crippen LogP contribution in [0.2, 0.25) is 0 Å². The van der Waals surface area contributed by atoms with Gasteiger partial charge in [-0.2, -0.15) is 0 Å². The van der Waals surface area contributed by atoms with Crippen molar-refractivity contribution in [3.05, 3.63) is 12.3 Å². The molecule has 0 aromatic rings. The molecule has 1 rings (SSSR count). The second-order valence-corrected chi connectivity index (χ2v) is 2.21. The average Bonchev–Trinajstić information content (AvgIpc) is 2.13. The Hall–Kier alpha value is -0.990. The summed E-state index contributed by atoms with van der Waals surface area (Å²) in [5.74, 6) is 0.437. The van der Waals surface area contributed by atoms with Crippen LogP contribution in [0.5, 0.6) is 0 Å². The maximum atomic E-state index is 10.4. The lowest BCUT2D eigenvalue weighted by molar-refractivity contribution is 0.116. The van der Waals surface area contributed by atoms with Crippen LogP contribution in [0.1, 0.15) is 19.8 Å². The molecule has 1 saturated heterocycles. The summed E-state index contributed by atoms with van der Waals surface area (Å²) in [4.78, 5) is 10.4.